The fourth-order valence-electron chi connectivity index (χ4n) is 2.35. The van der Waals surface area contributed by atoms with Crippen molar-refractivity contribution in [2.75, 3.05) is 41.7 Å². The van der Waals surface area contributed by atoms with Crippen LogP contribution in [0.25, 0.3) is 0 Å². The van der Waals surface area contributed by atoms with E-state index >= 15 is 0 Å². The largest absolute Gasteiger partial charge is 0.369 e. The summed E-state index contributed by atoms with van der Waals surface area (Å²) in [4.78, 5) is 25.5. The van der Waals surface area contributed by atoms with Crippen molar-refractivity contribution in [2.24, 2.45) is 0 Å². The highest BCUT2D eigenvalue weighted by Crippen LogP contribution is 2.18. The zero-order valence-corrected chi connectivity index (χ0v) is 11.3. The number of halogens is 1. The Labute approximate surface area is 120 Å². The molecule has 1 aliphatic heterocycles. The van der Waals surface area contributed by atoms with E-state index in [4.69, 9.17) is 5.73 Å². The maximum absolute atomic E-state index is 12.9. The smallest absolute Gasteiger partial charge is 0.350 e. The Bertz CT molecular complexity index is 678. The van der Waals surface area contributed by atoms with E-state index in [-0.39, 0.29) is 11.8 Å². The van der Waals surface area contributed by atoms with Crippen molar-refractivity contribution in [1.29, 1.82) is 0 Å². The van der Waals surface area contributed by atoms with Gasteiger partial charge in [-0.25, -0.2) is 9.18 Å². The number of anilines is 3. The average molecular weight is 290 g/mol. The van der Waals surface area contributed by atoms with Crippen molar-refractivity contribution < 1.29 is 4.39 Å². The molecule has 1 aliphatic rings. The van der Waals surface area contributed by atoms with Gasteiger partial charge in [0.1, 0.15) is 5.82 Å². The van der Waals surface area contributed by atoms with Crippen molar-refractivity contribution in [3.8, 4) is 0 Å². The number of H-pyrrole nitrogens is 1. The number of aromatic nitrogens is 3. The summed E-state index contributed by atoms with van der Waals surface area (Å²) in [5, 5.41) is 0. The van der Waals surface area contributed by atoms with Crippen molar-refractivity contribution in [1.82, 2.24) is 15.0 Å². The Morgan fingerprint density at radius 2 is 1.67 bits per heavy atom. The minimum atomic E-state index is -0.501. The van der Waals surface area contributed by atoms with E-state index in [1.54, 1.807) is 12.1 Å². The summed E-state index contributed by atoms with van der Waals surface area (Å²) < 4.78 is 12.9. The van der Waals surface area contributed by atoms with Crippen LogP contribution in [-0.2, 0) is 0 Å². The van der Waals surface area contributed by atoms with E-state index in [9.17, 15) is 9.18 Å². The molecule has 21 heavy (non-hydrogen) atoms. The molecule has 2 heterocycles. The lowest BCUT2D eigenvalue weighted by Gasteiger charge is -2.35. The van der Waals surface area contributed by atoms with Crippen LogP contribution < -0.4 is 21.2 Å². The molecule has 8 heteroatoms. The highest BCUT2D eigenvalue weighted by Gasteiger charge is 2.20. The third-order valence-electron chi connectivity index (χ3n) is 3.41. The third-order valence-corrected chi connectivity index (χ3v) is 3.41. The number of nitrogens with zero attached hydrogens (tertiary/aromatic N) is 4. The van der Waals surface area contributed by atoms with Gasteiger partial charge in [0, 0.05) is 31.9 Å². The van der Waals surface area contributed by atoms with Gasteiger partial charge >= 0.3 is 5.69 Å². The lowest BCUT2D eigenvalue weighted by atomic mass is 10.2. The van der Waals surface area contributed by atoms with Crippen molar-refractivity contribution in [3.63, 3.8) is 0 Å². The summed E-state index contributed by atoms with van der Waals surface area (Å²) >= 11 is 0. The summed E-state index contributed by atoms with van der Waals surface area (Å²) in [6.45, 7) is 2.81. The van der Waals surface area contributed by atoms with Crippen LogP contribution in [-0.4, -0.2) is 41.1 Å². The molecular formula is C13H15FN6O. The highest BCUT2D eigenvalue weighted by molar-refractivity contribution is 5.48. The van der Waals surface area contributed by atoms with Crippen LogP contribution in [0.4, 0.5) is 22.0 Å². The summed E-state index contributed by atoms with van der Waals surface area (Å²) in [5.41, 5.74) is 5.99. The molecule has 1 aromatic carbocycles. The van der Waals surface area contributed by atoms with Crippen molar-refractivity contribution in [3.05, 3.63) is 40.6 Å². The molecule has 0 unspecified atom stereocenters. The molecule has 0 radical (unpaired) electrons. The monoisotopic (exact) mass is 290 g/mol. The van der Waals surface area contributed by atoms with Gasteiger partial charge in [-0.3, -0.25) is 4.98 Å². The van der Waals surface area contributed by atoms with E-state index in [1.165, 1.54) is 12.1 Å². The van der Waals surface area contributed by atoms with E-state index < -0.39 is 5.69 Å². The lowest BCUT2D eigenvalue weighted by Crippen LogP contribution is -2.47. The van der Waals surface area contributed by atoms with Crippen LogP contribution in [0.5, 0.6) is 0 Å². The standard InChI is InChI=1S/C13H15FN6O/c14-9-1-3-10(4-2-9)19-5-7-20(8-6-19)12-16-11(15)17-13(21)18-12/h1-4H,5-8H2,(H3,15,16,17,18,21). The first-order valence-corrected chi connectivity index (χ1v) is 6.61. The van der Waals surface area contributed by atoms with E-state index in [2.05, 4.69) is 19.9 Å². The predicted octanol–water partition coefficient (Wildman–Crippen LogP) is 0.213. The second kappa shape index (κ2) is 5.39. The molecule has 3 N–H and O–H groups in total. The van der Waals surface area contributed by atoms with Crippen LogP contribution in [0.15, 0.2) is 29.1 Å². The number of hydrogen-bond acceptors (Lipinski definition) is 6. The van der Waals surface area contributed by atoms with Gasteiger partial charge in [-0.1, -0.05) is 0 Å². The molecule has 0 amide bonds. The minimum absolute atomic E-state index is 0.0611. The normalized spacial score (nSPS) is 15.3. The highest BCUT2D eigenvalue weighted by atomic mass is 19.1. The average Bonchev–Trinajstić information content (AvgIpc) is 2.47. The molecule has 2 aromatic rings. The Balaban J connectivity index is 1.70. The molecule has 1 fully saturated rings. The van der Waals surface area contributed by atoms with Gasteiger partial charge in [-0.15, -0.1) is 0 Å². The molecule has 0 spiro atoms. The van der Waals surface area contributed by atoms with Crippen molar-refractivity contribution >= 4 is 17.6 Å². The second-order valence-corrected chi connectivity index (χ2v) is 4.79. The van der Waals surface area contributed by atoms with Gasteiger partial charge < -0.3 is 15.5 Å². The molecule has 1 aromatic heterocycles. The topological polar surface area (TPSA) is 91.1 Å². The zero-order valence-electron chi connectivity index (χ0n) is 11.3. The molecule has 0 bridgehead atoms. The molecule has 0 saturated carbocycles. The van der Waals surface area contributed by atoms with Crippen molar-refractivity contribution in [2.45, 2.75) is 0 Å². The fourth-order valence-corrected chi connectivity index (χ4v) is 2.35. The Morgan fingerprint density at radius 3 is 2.29 bits per heavy atom. The summed E-state index contributed by atoms with van der Waals surface area (Å²) in [5.74, 6) is 0.158. The SMILES string of the molecule is Nc1nc(N2CCN(c3ccc(F)cc3)CC2)nc(=O)[nH]1. The molecule has 7 nitrogen and oxygen atoms in total. The first-order chi connectivity index (χ1) is 10.1. The van der Waals surface area contributed by atoms with E-state index in [0.29, 0.717) is 19.0 Å². The number of piperazine rings is 1. The first-order valence-electron chi connectivity index (χ1n) is 6.61. The Morgan fingerprint density at radius 1 is 1.05 bits per heavy atom. The number of nitrogens with two attached hydrogens (primary N) is 1. The van der Waals surface area contributed by atoms with E-state index in [0.717, 1.165) is 18.8 Å². The summed E-state index contributed by atoms with van der Waals surface area (Å²) in [7, 11) is 0. The number of aromatic amines is 1. The number of nitrogen functional groups attached to an aromatic ring is 1. The summed E-state index contributed by atoms with van der Waals surface area (Å²) in [6, 6.07) is 6.41. The maximum atomic E-state index is 12.9. The molecule has 1 saturated heterocycles. The van der Waals surface area contributed by atoms with E-state index in [1.807, 2.05) is 4.90 Å². The van der Waals surface area contributed by atoms with Gasteiger partial charge in [0.05, 0.1) is 0 Å². The van der Waals surface area contributed by atoms with Crippen LogP contribution in [0.2, 0.25) is 0 Å². The molecule has 3 rings (SSSR count). The fraction of sp³-hybridized carbons (Fsp3) is 0.308. The molecule has 0 atom stereocenters. The number of rotatable bonds is 2. The lowest BCUT2D eigenvalue weighted by molar-refractivity contribution is 0.622. The Kier molecular flexibility index (Phi) is 3.43. The number of nitrogens with one attached hydrogen (secondary N) is 1. The van der Waals surface area contributed by atoms with Crippen LogP contribution in [0.1, 0.15) is 0 Å². The number of hydrogen-bond donors (Lipinski definition) is 2. The molecular weight excluding hydrogens is 275 g/mol. The maximum Gasteiger partial charge on any atom is 0.350 e. The third kappa shape index (κ3) is 2.93. The zero-order chi connectivity index (χ0) is 14.8. The van der Waals surface area contributed by atoms with Crippen LogP contribution >= 0.6 is 0 Å². The van der Waals surface area contributed by atoms with Crippen LogP contribution in [0, 0.1) is 5.82 Å². The Hall–Kier alpha value is -2.64. The quantitative estimate of drug-likeness (QED) is 0.822. The summed E-state index contributed by atoms with van der Waals surface area (Å²) in [6.07, 6.45) is 0. The first kappa shape index (κ1) is 13.3. The van der Waals surface area contributed by atoms with Gasteiger partial charge in [-0.2, -0.15) is 9.97 Å². The van der Waals surface area contributed by atoms with Crippen LogP contribution in [0.3, 0.4) is 0 Å². The molecule has 0 aliphatic carbocycles. The second-order valence-electron chi connectivity index (χ2n) is 4.79. The van der Waals surface area contributed by atoms with Gasteiger partial charge in [0.15, 0.2) is 0 Å². The van der Waals surface area contributed by atoms with Gasteiger partial charge in [0.25, 0.3) is 0 Å². The predicted molar refractivity (Wildman–Crippen MR) is 77.9 cm³/mol. The molecule has 110 valence electrons. The van der Waals surface area contributed by atoms with Gasteiger partial charge in [0.2, 0.25) is 11.9 Å². The number of benzene rings is 1. The minimum Gasteiger partial charge on any atom is -0.369 e. The van der Waals surface area contributed by atoms with Gasteiger partial charge in [-0.05, 0) is 24.3 Å².